The van der Waals surface area contributed by atoms with Gasteiger partial charge in [0, 0.05) is 5.02 Å². The molecule has 0 radical (unpaired) electrons. The van der Waals surface area contributed by atoms with Gasteiger partial charge in [0.1, 0.15) is 0 Å². The second-order valence-corrected chi connectivity index (χ2v) is 5.78. The maximum Gasteiger partial charge on any atom is 0.0594 e. The topological polar surface area (TPSA) is 12.0 Å². The van der Waals surface area contributed by atoms with Crippen molar-refractivity contribution in [1.29, 1.82) is 0 Å². The fourth-order valence-electron chi connectivity index (χ4n) is 2.53. The van der Waals surface area contributed by atoms with E-state index >= 15 is 0 Å². The van der Waals surface area contributed by atoms with Gasteiger partial charge in [0.15, 0.2) is 0 Å². The highest BCUT2D eigenvalue weighted by molar-refractivity contribution is 6.31. The van der Waals surface area contributed by atoms with Gasteiger partial charge in [0.25, 0.3) is 0 Å². The Hall–Kier alpha value is -1.31. The van der Waals surface area contributed by atoms with Crippen molar-refractivity contribution < 1.29 is 0 Å². The summed E-state index contributed by atoms with van der Waals surface area (Å²) in [5.74, 6) is 0. The number of halogens is 1. The van der Waals surface area contributed by atoms with Crippen LogP contribution in [0, 0.1) is 20.8 Å². The highest BCUT2D eigenvalue weighted by atomic mass is 35.5. The summed E-state index contributed by atoms with van der Waals surface area (Å²) in [6.45, 7) is 9.38. The van der Waals surface area contributed by atoms with E-state index in [4.69, 9.17) is 11.6 Å². The molecule has 0 bridgehead atoms. The predicted molar refractivity (Wildman–Crippen MR) is 87.6 cm³/mol. The van der Waals surface area contributed by atoms with E-state index in [1.54, 1.807) is 0 Å². The molecule has 0 aromatic heterocycles. The van der Waals surface area contributed by atoms with Gasteiger partial charge >= 0.3 is 0 Å². The summed E-state index contributed by atoms with van der Waals surface area (Å²) in [4.78, 5) is 0. The average molecular weight is 288 g/mol. The molecule has 0 fully saturated rings. The molecule has 2 heteroatoms. The molecular formula is C18H22ClN. The quantitative estimate of drug-likeness (QED) is 0.838. The van der Waals surface area contributed by atoms with Crippen molar-refractivity contribution in [2.75, 3.05) is 6.54 Å². The number of hydrogen-bond acceptors (Lipinski definition) is 1. The SMILES string of the molecule is CCNC(c1cc(C)ccc1C)c1ccc(C)cc1Cl. The van der Waals surface area contributed by atoms with Crippen LogP contribution < -0.4 is 5.32 Å². The minimum absolute atomic E-state index is 0.146. The maximum atomic E-state index is 6.46. The molecule has 1 N–H and O–H groups in total. The summed E-state index contributed by atoms with van der Waals surface area (Å²) in [6.07, 6.45) is 0. The van der Waals surface area contributed by atoms with Gasteiger partial charge in [-0.3, -0.25) is 0 Å². The summed E-state index contributed by atoms with van der Waals surface area (Å²) >= 11 is 6.46. The van der Waals surface area contributed by atoms with Crippen molar-refractivity contribution in [3.63, 3.8) is 0 Å². The Labute approximate surface area is 127 Å². The summed E-state index contributed by atoms with van der Waals surface area (Å²) in [7, 11) is 0. The fourth-order valence-corrected chi connectivity index (χ4v) is 2.87. The standard InChI is InChI=1S/C18H22ClN/c1-5-20-18(15-9-7-13(3)11-17(15)19)16-10-12(2)6-8-14(16)4/h6-11,18,20H,5H2,1-4H3. The Balaban J connectivity index is 2.53. The van der Waals surface area contributed by atoms with Gasteiger partial charge in [-0.25, -0.2) is 0 Å². The van der Waals surface area contributed by atoms with E-state index < -0.39 is 0 Å². The number of benzene rings is 2. The van der Waals surface area contributed by atoms with E-state index in [-0.39, 0.29) is 6.04 Å². The first-order chi connectivity index (χ1) is 9.52. The van der Waals surface area contributed by atoms with Crippen LogP contribution >= 0.6 is 11.6 Å². The summed E-state index contributed by atoms with van der Waals surface area (Å²) in [6, 6.07) is 13.0. The molecule has 20 heavy (non-hydrogen) atoms. The number of rotatable bonds is 4. The van der Waals surface area contributed by atoms with Crippen molar-refractivity contribution >= 4 is 11.6 Å². The van der Waals surface area contributed by atoms with Gasteiger partial charge in [-0.15, -0.1) is 0 Å². The molecule has 2 aromatic rings. The van der Waals surface area contributed by atoms with E-state index in [2.05, 4.69) is 63.3 Å². The zero-order valence-electron chi connectivity index (χ0n) is 12.6. The molecule has 2 rings (SSSR count). The number of aryl methyl sites for hydroxylation is 3. The summed E-state index contributed by atoms with van der Waals surface area (Å²) < 4.78 is 0. The van der Waals surface area contributed by atoms with Gasteiger partial charge in [-0.1, -0.05) is 54.4 Å². The van der Waals surface area contributed by atoms with Crippen LogP contribution in [-0.2, 0) is 0 Å². The van der Waals surface area contributed by atoms with E-state index in [1.165, 1.54) is 22.3 Å². The lowest BCUT2D eigenvalue weighted by atomic mass is 9.93. The van der Waals surface area contributed by atoms with E-state index in [0.717, 1.165) is 17.1 Å². The normalized spacial score (nSPS) is 12.4. The largest absolute Gasteiger partial charge is 0.306 e. The fraction of sp³-hybridized carbons (Fsp3) is 0.333. The van der Waals surface area contributed by atoms with Crippen LogP contribution in [-0.4, -0.2) is 6.54 Å². The highest BCUT2D eigenvalue weighted by Gasteiger charge is 2.18. The van der Waals surface area contributed by atoms with Gasteiger partial charge < -0.3 is 5.32 Å². The van der Waals surface area contributed by atoms with Crippen molar-refractivity contribution in [2.45, 2.75) is 33.7 Å². The third-order valence-corrected chi connectivity index (χ3v) is 3.95. The minimum atomic E-state index is 0.146. The van der Waals surface area contributed by atoms with Crippen LogP contribution in [0.3, 0.4) is 0 Å². The molecular weight excluding hydrogens is 266 g/mol. The monoisotopic (exact) mass is 287 g/mol. The molecule has 2 aromatic carbocycles. The van der Waals surface area contributed by atoms with Crippen molar-refractivity contribution in [2.24, 2.45) is 0 Å². The van der Waals surface area contributed by atoms with Crippen LogP contribution in [0.1, 0.15) is 40.8 Å². The minimum Gasteiger partial charge on any atom is -0.306 e. The summed E-state index contributed by atoms with van der Waals surface area (Å²) in [5.41, 5.74) is 6.20. The van der Waals surface area contributed by atoms with Gasteiger partial charge in [-0.2, -0.15) is 0 Å². The number of nitrogens with one attached hydrogen (secondary N) is 1. The van der Waals surface area contributed by atoms with E-state index in [9.17, 15) is 0 Å². The Kier molecular flexibility index (Phi) is 4.85. The highest BCUT2D eigenvalue weighted by Crippen LogP contribution is 2.31. The van der Waals surface area contributed by atoms with Crippen molar-refractivity contribution in [3.8, 4) is 0 Å². The Morgan fingerprint density at radius 1 is 0.950 bits per heavy atom. The predicted octanol–water partition coefficient (Wildman–Crippen LogP) is 4.96. The molecule has 0 heterocycles. The Morgan fingerprint density at radius 2 is 1.60 bits per heavy atom. The molecule has 0 saturated heterocycles. The summed E-state index contributed by atoms with van der Waals surface area (Å²) in [5, 5.41) is 4.39. The molecule has 1 unspecified atom stereocenters. The lowest BCUT2D eigenvalue weighted by Gasteiger charge is -2.23. The molecule has 0 amide bonds. The first-order valence-electron chi connectivity index (χ1n) is 7.09. The Morgan fingerprint density at radius 3 is 2.25 bits per heavy atom. The van der Waals surface area contributed by atoms with E-state index in [1.807, 2.05) is 6.07 Å². The van der Waals surface area contributed by atoms with Gasteiger partial charge in [0.2, 0.25) is 0 Å². The maximum absolute atomic E-state index is 6.46. The Bertz CT molecular complexity index is 604. The molecule has 0 aliphatic rings. The lowest BCUT2D eigenvalue weighted by molar-refractivity contribution is 0.627. The molecule has 106 valence electrons. The second kappa shape index (κ2) is 6.43. The van der Waals surface area contributed by atoms with Crippen LogP contribution in [0.25, 0.3) is 0 Å². The third kappa shape index (κ3) is 3.23. The third-order valence-electron chi connectivity index (χ3n) is 3.62. The smallest absolute Gasteiger partial charge is 0.0594 e. The second-order valence-electron chi connectivity index (χ2n) is 5.38. The van der Waals surface area contributed by atoms with Crippen molar-refractivity contribution in [1.82, 2.24) is 5.32 Å². The van der Waals surface area contributed by atoms with Gasteiger partial charge in [-0.05, 0) is 55.6 Å². The van der Waals surface area contributed by atoms with Crippen molar-refractivity contribution in [3.05, 3.63) is 69.2 Å². The number of hydrogen-bond donors (Lipinski definition) is 1. The first-order valence-corrected chi connectivity index (χ1v) is 7.47. The molecule has 1 nitrogen and oxygen atoms in total. The first kappa shape index (κ1) is 15.1. The average Bonchev–Trinajstić information content (AvgIpc) is 2.40. The van der Waals surface area contributed by atoms with Gasteiger partial charge in [0.05, 0.1) is 6.04 Å². The molecule has 0 spiro atoms. The lowest BCUT2D eigenvalue weighted by Crippen LogP contribution is -2.23. The van der Waals surface area contributed by atoms with E-state index in [0.29, 0.717) is 0 Å². The van der Waals surface area contributed by atoms with Crippen LogP contribution in [0.5, 0.6) is 0 Å². The van der Waals surface area contributed by atoms with Crippen LogP contribution in [0.2, 0.25) is 5.02 Å². The molecule has 1 atom stereocenters. The van der Waals surface area contributed by atoms with Crippen LogP contribution in [0.4, 0.5) is 0 Å². The zero-order chi connectivity index (χ0) is 14.7. The van der Waals surface area contributed by atoms with Crippen LogP contribution in [0.15, 0.2) is 36.4 Å². The zero-order valence-corrected chi connectivity index (χ0v) is 13.4. The molecule has 0 aliphatic heterocycles. The molecule has 0 saturated carbocycles. The molecule has 0 aliphatic carbocycles.